The number of guanidine groups is 2. The zero-order valence-electron chi connectivity index (χ0n) is 9.53. The highest BCUT2D eigenvalue weighted by Gasteiger charge is 1.83. The lowest BCUT2D eigenvalue weighted by molar-refractivity contribution is -0.134. The molecule has 0 unspecified atom stereocenters. The van der Waals surface area contributed by atoms with Crippen LogP contribution in [0.5, 0.6) is 0 Å². The molecule has 0 heterocycles. The van der Waals surface area contributed by atoms with Gasteiger partial charge < -0.3 is 28.0 Å². The van der Waals surface area contributed by atoms with Crippen LogP contribution >= 0.6 is 0 Å². The Bertz CT molecular complexity index is 345. The van der Waals surface area contributed by atoms with Crippen LogP contribution in [0.2, 0.25) is 0 Å². The minimum Gasteiger partial charge on any atom is -0.481 e. The van der Waals surface area contributed by atoms with Crippen molar-refractivity contribution in [3.63, 3.8) is 0 Å². The van der Waals surface area contributed by atoms with Crippen molar-refractivity contribution in [2.24, 2.45) is 43.3 Å². The van der Waals surface area contributed by atoms with Crippen LogP contribution in [0.1, 0.15) is 13.8 Å². The molecular formula is C7H16N8O2. The van der Waals surface area contributed by atoms with Crippen LogP contribution in [-0.4, -0.2) is 34.9 Å². The van der Waals surface area contributed by atoms with Crippen molar-refractivity contribution in [2.75, 3.05) is 0 Å². The molecule has 0 aromatic rings. The van der Waals surface area contributed by atoms with E-state index in [9.17, 15) is 0 Å². The minimum atomic E-state index is -0.833. The van der Waals surface area contributed by atoms with Gasteiger partial charge in [0.25, 0.3) is 5.97 Å². The van der Waals surface area contributed by atoms with E-state index in [1.807, 2.05) is 0 Å². The second-order valence-electron chi connectivity index (χ2n) is 2.55. The molecule has 0 atom stereocenters. The lowest BCUT2D eigenvalue weighted by Crippen LogP contribution is -2.22. The Balaban J connectivity index is 0. The van der Waals surface area contributed by atoms with Crippen molar-refractivity contribution < 1.29 is 9.90 Å². The van der Waals surface area contributed by atoms with Crippen molar-refractivity contribution >= 4 is 29.8 Å². The van der Waals surface area contributed by atoms with Gasteiger partial charge in [-0.3, -0.25) is 4.79 Å². The summed E-state index contributed by atoms with van der Waals surface area (Å²) in [5.41, 5.74) is 20.5. The van der Waals surface area contributed by atoms with Crippen LogP contribution in [-0.2, 0) is 4.79 Å². The molecule has 0 aromatic heterocycles. The molecule has 0 aliphatic rings. The number of hydrogen-bond acceptors (Lipinski definition) is 5. The summed E-state index contributed by atoms with van der Waals surface area (Å²) in [5.74, 6) is -1.10. The topological polar surface area (TPSA) is 191 Å². The second kappa shape index (κ2) is 9.89. The fourth-order valence-electron chi connectivity index (χ4n) is 0.342. The molecule has 0 aliphatic heterocycles. The van der Waals surface area contributed by atoms with E-state index in [4.69, 9.17) is 32.8 Å². The van der Waals surface area contributed by atoms with Crippen molar-refractivity contribution in [2.45, 2.75) is 13.8 Å². The molecular weight excluding hydrogens is 228 g/mol. The third-order valence-electron chi connectivity index (χ3n) is 0.741. The van der Waals surface area contributed by atoms with Crippen LogP contribution in [0.15, 0.2) is 20.4 Å². The smallest absolute Gasteiger partial charge is 0.300 e. The molecule has 10 nitrogen and oxygen atoms in total. The molecule has 0 saturated heterocycles. The van der Waals surface area contributed by atoms with Gasteiger partial charge in [-0.2, -0.15) is 10.2 Å². The van der Waals surface area contributed by atoms with Crippen LogP contribution in [0.3, 0.4) is 0 Å². The van der Waals surface area contributed by atoms with Gasteiger partial charge in [-0.1, -0.05) is 0 Å². The zero-order chi connectivity index (χ0) is 13.8. The summed E-state index contributed by atoms with van der Waals surface area (Å²) in [4.78, 5) is 9.00. The maximum Gasteiger partial charge on any atom is 0.300 e. The van der Waals surface area contributed by atoms with Gasteiger partial charge in [0.05, 0.1) is 11.9 Å². The van der Waals surface area contributed by atoms with Gasteiger partial charge in [-0.05, 0) is 6.92 Å². The lowest BCUT2D eigenvalue weighted by atomic mass is 10.5. The SMILES string of the molecule is CC(/C=N/N=C(N)N)=N\N=C(N)N.CC(=O)O. The third-order valence-corrected chi connectivity index (χ3v) is 0.741. The molecule has 0 aromatic carbocycles. The highest BCUT2D eigenvalue weighted by molar-refractivity contribution is 6.29. The molecule has 0 amide bonds. The Morgan fingerprint density at radius 1 is 1.00 bits per heavy atom. The van der Waals surface area contributed by atoms with Crippen molar-refractivity contribution in [3.05, 3.63) is 0 Å². The summed E-state index contributed by atoms with van der Waals surface area (Å²) >= 11 is 0. The summed E-state index contributed by atoms with van der Waals surface area (Å²) in [7, 11) is 0. The molecule has 0 aliphatic carbocycles. The number of nitrogens with zero attached hydrogens (tertiary/aromatic N) is 4. The van der Waals surface area contributed by atoms with Crippen LogP contribution in [0.25, 0.3) is 0 Å². The van der Waals surface area contributed by atoms with Gasteiger partial charge in [0.1, 0.15) is 0 Å². The standard InChI is InChI=1S/C5H12N8.C2H4O2/c1-3(11-13-5(8)9)2-10-12-4(6)7;1-2(3)4/h2H,1H3,(H4,6,7,12)(H4,8,9,13);1H3,(H,3,4)/b10-2+,11-3+;. The molecule has 17 heavy (non-hydrogen) atoms. The Morgan fingerprint density at radius 3 is 1.76 bits per heavy atom. The largest absolute Gasteiger partial charge is 0.481 e. The number of hydrogen-bond donors (Lipinski definition) is 5. The van der Waals surface area contributed by atoms with Gasteiger partial charge in [-0.25, -0.2) is 0 Å². The van der Waals surface area contributed by atoms with Crippen LogP contribution < -0.4 is 22.9 Å². The lowest BCUT2D eigenvalue weighted by Gasteiger charge is -1.86. The Kier molecular flexibility index (Phi) is 9.75. The van der Waals surface area contributed by atoms with Gasteiger partial charge in [0.15, 0.2) is 0 Å². The first-order valence-corrected chi connectivity index (χ1v) is 4.20. The fraction of sp³-hybridized carbons (Fsp3) is 0.286. The monoisotopic (exact) mass is 244 g/mol. The quantitative estimate of drug-likeness (QED) is 0.216. The summed E-state index contributed by atoms with van der Waals surface area (Å²) in [6.45, 7) is 2.72. The molecule has 10 heteroatoms. The molecule has 0 fully saturated rings. The summed E-state index contributed by atoms with van der Waals surface area (Å²) < 4.78 is 0. The summed E-state index contributed by atoms with van der Waals surface area (Å²) in [6.07, 6.45) is 1.31. The highest BCUT2D eigenvalue weighted by Crippen LogP contribution is 1.76. The molecule has 0 rings (SSSR count). The molecule has 96 valence electrons. The number of rotatable bonds is 3. The second-order valence-corrected chi connectivity index (χ2v) is 2.55. The van der Waals surface area contributed by atoms with E-state index >= 15 is 0 Å². The van der Waals surface area contributed by atoms with E-state index in [1.165, 1.54) is 6.21 Å². The van der Waals surface area contributed by atoms with E-state index in [0.717, 1.165) is 6.92 Å². The van der Waals surface area contributed by atoms with E-state index in [-0.39, 0.29) is 11.9 Å². The van der Waals surface area contributed by atoms with E-state index < -0.39 is 5.97 Å². The first-order chi connectivity index (χ1) is 7.75. The summed E-state index contributed by atoms with van der Waals surface area (Å²) in [6, 6.07) is 0. The molecule has 0 saturated carbocycles. The normalized spacial score (nSPS) is 10.1. The Labute approximate surface area is 97.8 Å². The van der Waals surface area contributed by atoms with E-state index in [1.54, 1.807) is 6.92 Å². The van der Waals surface area contributed by atoms with Crippen molar-refractivity contribution in [1.29, 1.82) is 0 Å². The average Bonchev–Trinajstić information content (AvgIpc) is 2.13. The third kappa shape index (κ3) is 24.7. The van der Waals surface area contributed by atoms with Crippen molar-refractivity contribution in [1.82, 2.24) is 0 Å². The van der Waals surface area contributed by atoms with Gasteiger partial charge in [0, 0.05) is 6.92 Å². The van der Waals surface area contributed by atoms with Gasteiger partial charge in [0.2, 0.25) is 11.9 Å². The zero-order valence-corrected chi connectivity index (χ0v) is 9.53. The minimum absolute atomic E-state index is 0.130. The Hall–Kier alpha value is -2.65. The highest BCUT2D eigenvalue weighted by atomic mass is 16.4. The molecule has 0 bridgehead atoms. The number of carboxylic acid groups (broad SMARTS) is 1. The molecule has 0 spiro atoms. The maximum atomic E-state index is 9.00. The maximum absolute atomic E-state index is 9.00. The van der Waals surface area contributed by atoms with Crippen LogP contribution in [0, 0.1) is 0 Å². The number of aliphatic carboxylic acids is 1. The fourth-order valence-corrected chi connectivity index (χ4v) is 0.342. The molecule has 0 radical (unpaired) electrons. The molecule has 9 N–H and O–H groups in total. The predicted octanol–water partition coefficient (Wildman–Crippen LogP) is -2.01. The van der Waals surface area contributed by atoms with Crippen molar-refractivity contribution in [3.8, 4) is 0 Å². The predicted molar refractivity (Wildman–Crippen MR) is 66.5 cm³/mol. The summed E-state index contributed by atoms with van der Waals surface area (Å²) in [5, 5.41) is 21.2. The number of carboxylic acids is 1. The average molecular weight is 244 g/mol. The first kappa shape index (κ1) is 16.8. The Morgan fingerprint density at radius 2 is 1.41 bits per heavy atom. The number of nitrogens with two attached hydrogens (primary N) is 4. The van der Waals surface area contributed by atoms with Gasteiger partial charge >= 0.3 is 0 Å². The number of carbonyl (C=O) groups is 1. The van der Waals surface area contributed by atoms with E-state index in [2.05, 4.69) is 20.4 Å². The van der Waals surface area contributed by atoms with Crippen LogP contribution in [0.4, 0.5) is 0 Å². The van der Waals surface area contributed by atoms with E-state index in [0.29, 0.717) is 5.71 Å². The van der Waals surface area contributed by atoms with Gasteiger partial charge in [-0.15, -0.1) is 10.2 Å². The first-order valence-electron chi connectivity index (χ1n) is 4.20.